The topological polar surface area (TPSA) is 132 Å². The van der Waals surface area contributed by atoms with Gasteiger partial charge in [-0.15, -0.1) is 0 Å². The lowest BCUT2D eigenvalue weighted by molar-refractivity contribution is -0.394. The van der Waals surface area contributed by atoms with Crippen LogP contribution in [0.2, 0.25) is 0 Å². The van der Waals surface area contributed by atoms with E-state index in [0.717, 1.165) is 27.6 Å². The molecule has 0 unspecified atom stereocenters. The van der Waals surface area contributed by atoms with E-state index in [1.54, 1.807) is 12.1 Å². The standard InChI is InChI=1S/C17H13N7O3/c25-15(9-23-10-18-17(22-23)24(26)27)19-12-6-2-1-5-11(12)16-20-13-7-3-4-8-14(13)21-16/h1-8,10H,9H2,(H,19,25)(H,20,21). The largest absolute Gasteiger partial charge is 0.490 e. The van der Waals surface area contributed by atoms with Crippen LogP contribution in [0.4, 0.5) is 11.6 Å². The van der Waals surface area contributed by atoms with Gasteiger partial charge in [0.15, 0.2) is 0 Å². The number of carbonyl (C=O) groups excluding carboxylic acids is 1. The second-order valence-corrected chi connectivity index (χ2v) is 5.70. The maximum absolute atomic E-state index is 12.3. The van der Waals surface area contributed by atoms with Crippen LogP contribution in [-0.2, 0) is 11.3 Å². The average molecular weight is 363 g/mol. The first-order valence-corrected chi connectivity index (χ1v) is 7.98. The van der Waals surface area contributed by atoms with Crippen LogP contribution in [0.3, 0.4) is 0 Å². The molecule has 0 bridgehead atoms. The number of fused-ring (bicyclic) bond motifs is 1. The van der Waals surface area contributed by atoms with Crippen LogP contribution >= 0.6 is 0 Å². The first-order valence-electron chi connectivity index (χ1n) is 7.98. The highest BCUT2D eigenvalue weighted by Crippen LogP contribution is 2.27. The lowest BCUT2D eigenvalue weighted by atomic mass is 10.1. The number of nitrogens with zero attached hydrogens (tertiary/aromatic N) is 5. The zero-order chi connectivity index (χ0) is 18.8. The fourth-order valence-electron chi connectivity index (χ4n) is 2.66. The van der Waals surface area contributed by atoms with Crippen molar-refractivity contribution < 1.29 is 9.72 Å². The molecule has 0 aliphatic rings. The van der Waals surface area contributed by atoms with Crippen LogP contribution < -0.4 is 5.32 Å². The molecule has 0 spiro atoms. The molecule has 0 aliphatic heterocycles. The Morgan fingerprint density at radius 2 is 1.96 bits per heavy atom. The van der Waals surface area contributed by atoms with E-state index in [4.69, 9.17) is 0 Å². The maximum Gasteiger partial charge on any atom is 0.490 e. The molecule has 0 radical (unpaired) electrons. The van der Waals surface area contributed by atoms with Gasteiger partial charge in [-0.1, -0.05) is 29.2 Å². The molecule has 1 amide bonds. The Hall–Kier alpha value is -4.08. The molecule has 0 fully saturated rings. The third kappa shape index (κ3) is 3.35. The molecule has 2 aromatic heterocycles. The predicted octanol–water partition coefficient (Wildman–Crippen LogP) is 2.37. The van der Waals surface area contributed by atoms with Crippen molar-refractivity contribution in [2.75, 3.05) is 5.32 Å². The van der Waals surface area contributed by atoms with Gasteiger partial charge in [0, 0.05) is 10.7 Å². The summed E-state index contributed by atoms with van der Waals surface area (Å²) in [7, 11) is 0. The number of nitro groups is 1. The Morgan fingerprint density at radius 3 is 2.74 bits per heavy atom. The molecule has 0 atom stereocenters. The number of imidazole rings is 1. The van der Waals surface area contributed by atoms with Gasteiger partial charge in [0.1, 0.15) is 12.4 Å². The molecule has 27 heavy (non-hydrogen) atoms. The summed E-state index contributed by atoms with van der Waals surface area (Å²) in [4.78, 5) is 33.5. The summed E-state index contributed by atoms with van der Waals surface area (Å²) in [5.74, 6) is -0.313. The molecule has 2 heterocycles. The molecule has 0 aliphatic carbocycles. The molecule has 0 saturated carbocycles. The highest BCUT2D eigenvalue weighted by molar-refractivity contribution is 5.95. The van der Waals surface area contributed by atoms with Gasteiger partial charge in [0.25, 0.3) is 0 Å². The third-order valence-electron chi connectivity index (χ3n) is 3.84. The van der Waals surface area contributed by atoms with Crippen LogP contribution in [0.5, 0.6) is 0 Å². The van der Waals surface area contributed by atoms with E-state index in [9.17, 15) is 14.9 Å². The Labute approximate surface area is 152 Å². The molecular formula is C17H13N7O3. The lowest BCUT2D eigenvalue weighted by Gasteiger charge is -2.08. The molecule has 2 N–H and O–H groups in total. The van der Waals surface area contributed by atoms with Gasteiger partial charge < -0.3 is 20.4 Å². The lowest BCUT2D eigenvalue weighted by Crippen LogP contribution is -2.19. The minimum Gasteiger partial charge on any atom is -0.390 e. The van der Waals surface area contributed by atoms with Crippen LogP contribution in [-0.4, -0.2) is 35.6 Å². The summed E-state index contributed by atoms with van der Waals surface area (Å²) < 4.78 is 1.11. The van der Waals surface area contributed by atoms with Crippen LogP contribution in [0.1, 0.15) is 0 Å². The number of para-hydroxylation sites is 3. The quantitative estimate of drug-likeness (QED) is 0.413. The summed E-state index contributed by atoms with van der Waals surface area (Å²) >= 11 is 0. The minimum atomic E-state index is -0.717. The monoisotopic (exact) mass is 363 g/mol. The molecule has 10 nitrogen and oxygen atoms in total. The van der Waals surface area contributed by atoms with Crippen molar-refractivity contribution in [3.05, 3.63) is 65.0 Å². The minimum absolute atomic E-state index is 0.199. The van der Waals surface area contributed by atoms with Gasteiger partial charge in [0.2, 0.25) is 12.2 Å². The van der Waals surface area contributed by atoms with Gasteiger partial charge in [-0.05, 0) is 29.2 Å². The van der Waals surface area contributed by atoms with Crippen molar-refractivity contribution in [2.45, 2.75) is 6.54 Å². The number of amides is 1. The molecule has 2 aromatic carbocycles. The van der Waals surface area contributed by atoms with Crippen LogP contribution in [0.25, 0.3) is 22.4 Å². The number of benzene rings is 2. The molecule has 0 saturated heterocycles. The van der Waals surface area contributed by atoms with Gasteiger partial charge in [-0.3, -0.25) is 4.79 Å². The number of nitrogens with one attached hydrogen (secondary N) is 2. The number of carbonyl (C=O) groups is 1. The van der Waals surface area contributed by atoms with Crippen molar-refractivity contribution in [1.29, 1.82) is 0 Å². The molecule has 4 aromatic rings. The Balaban J connectivity index is 1.57. The zero-order valence-electron chi connectivity index (χ0n) is 13.9. The molecule has 10 heteroatoms. The highest BCUT2D eigenvalue weighted by atomic mass is 16.6. The van der Waals surface area contributed by atoms with Gasteiger partial charge in [0.05, 0.1) is 16.7 Å². The number of H-pyrrole nitrogens is 1. The van der Waals surface area contributed by atoms with Crippen molar-refractivity contribution in [3.8, 4) is 11.4 Å². The fraction of sp³-hybridized carbons (Fsp3) is 0.0588. The van der Waals surface area contributed by atoms with E-state index in [1.165, 1.54) is 0 Å². The maximum atomic E-state index is 12.3. The summed E-state index contributed by atoms with van der Waals surface area (Å²) in [5, 5.41) is 17.0. The predicted molar refractivity (Wildman–Crippen MR) is 96.8 cm³/mol. The number of rotatable bonds is 5. The van der Waals surface area contributed by atoms with Crippen LogP contribution in [0.15, 0.2) is 54.9 Å². The van der Waals surface area contributed by atoms with Gasteiger partial charge in [-0.25, -0.2) is 4.98 Å². The van der Waals surface area contributed by atoms with E-state index < -0.39 is 16.8 Å². The number of aromatic nitrogens is 5. The SMILES string of the molecule is O=C(Cn1cnc([N+](=O)[O-])n1)Nc1ccccc1-c1nc2ccccc2[nH]1. The van der Waals surface area contributed by atoms with Crippen molar-refractivity contribution >= 4 is 28.6 Å². The summed E-state index contributed by atoms with van der Waals surface area (Å²) in [6, 6.07) is 14.9. The van der Waals surface area contributed by atoms with Crippen LogP contribution in [0, 0.1) is 10.1 Å². The Bertz CT molecular complexity index is 1120. The Morgan fingerprint density at radius 1 is 1.19 bits per heavy atom. The van der Waals surface area contributed by atoms with Gasteiger partial charge >= 0.3 is 5.95 Å². The summed E-state index contributed by atoms with van der Waals surface area (Å²) in [6.45, 7) is -0.199. The zero-order valence-corrected chi connectivity index (χ0v) is 13.9. The smallest absolute Gasteiger partial charge is 0.390 e. The van der Waals surface area contributed by atoms with Crippen molar-refractivity contribution in [1.82, 2.24) is 24.7 Å². The second kappa shape index (κ2) is 6.67. The van der Waals surface area contributed by atoms with E-state index in [1.807, 2.05) is 36.4 Å². The number of aromatic amines is 1. The van der Waals surface area contributed by atoms with E-state index in [-0.39, 0.29) is 6.54 Å². The first-order chi connectivity index (χ1) is 13.1. The number of hydrogen-bond acceptors (Lipinski definition) is 6. The molecule has 4 rings (SSSR count). The normalized spacial score (nSPS) is 10.8. The average Bonchev–Trinajstić information content (AvgIpc) is 3.28. The molecule has 134 valence electrons. The summed E-state index contributed by atoms with van der Waals surface area (Å²) in [5.41, 5.74) is 3.01. The molecular weight excluding hydrogens is 350 g/mol. The van der Waals surface area contributed by atoms with E-state index in [2.05, 4.69) is 25.4 Å². The van der Waals surface area contributed by atoms with Crippen molar-refractivity contribution in [2.24, 2.45) is 0 Å². The van der Waals surface area contributed by atoms with E-state index >= 15 is 0 Å². The first kappa shape index (κ1) is 16.4. The number of hydrogen-bond donors (Lipinski definition) is 2. The van der Waals surface area contributed by atoms with Gasteiger partial charge in [-0.2, -0.15) is 4.68 Å². The second-order valence-electron chi connectivity index (χ2n) is 5.70. The highest BCUT2D eigenvalue weighted by Gasteiger charge is 2.17. The Kier molecular flexibility index (Phi) is 4.05. The summed E-state index contributed by atoms with van der Waals surface area (Å²) in [6.07, 6.45) is 1.14. The third-order valence-corrected chi connectivity index (χ3v) is 3.84. The fourth-order valence-corrected chi connectivity index (χ4v) is 2.66. The van der Waals surface area contributed by atoms with Crippen molar-refractivity contribution in [3.63, 3.8) is 0 Å². The van der Waals surface area contributed by atoms with E-state index in [0.29, 0.717) is 11.5 Å². The number of anilines is 1.